The average Bonchev–Trinajstić information content (AvgIpc) is 2.79. The van der Waals surface area contributed by atoms with Gasteiger partial charge < -0.3 is 20.6 Å². The smallest absolute Gasteiger partial charge is 0.225 e. The minimum Gasteiger partial charge on any atom is -0.378 e. The number of benzene rings is 1. The molecule has 0 spiro atoms. The number of carbonyl (C=O) groups is 1. The van der Waals surface area contributed by atoms with Crippen LogP contribution in [0.1, 0.15) is 37.3 Å². The number of aliphatic hydroxyl groups excluding tert-OH is 1. The summed E-state index contributed by atoms with van der Waals surface area (Å²) in [5.41, 5.74) is 2.07. The maximum absolute atomic E-state index is 11.7. The Bertz CT molecular complexity index is 931. The highest BCUT2D eigenvalue weighted by atomic mass is 35.5. The molecule has 1 fully saturated rings. The number of aromatic nitrogens is 2. The molecular formula is C23H31ClN6O2. The predicted octanol–water partition coefficient (Wildman–Crippen LogP) is 2.24. The highest BCUT2D eigenvalue weighted by Crippen LogP contribution is 2.30. The number of anilines is 2. The first-order valence-electron chi connectivity index (χ1n) is 11.2. The number of hydrogen-bond acceptors (Lipinski definition) is 7. The van der Waals surface area contributed by atoms with Crippen molar-refractivity contribution in [3.05, 3.63) is 46.7 Å². The van der Waals surface area contributed by atoms with Crippen LogP contribution in [-0.2, 0) is 11.2 Å². The lowest BCUT2D eigenvalue weighted by molar-refractivity contribution is -0.116. The molecule has 3 heterocycles. The summed E-state index contributed by atoms with van der Waals surface area (Å²) >= 11 is 6.08. The van der Waals surface area contributed by atoms with Gasteiger partial charge in [0.05, 0.1) is 0 Å². The Morgan fingerprint density at radius 1 is 1.12 bits per heavy atom. The molecule has 0 radical (unpaired) electrons. The van der Waals surface area contributed by atoms with Gasteiger partial charge >= 0.3 is 0 Å². The van der Waals surface area contributed by atoms with Gasteiger partial charge in [-0.05, 0) is 24.1 Å². The van der Waals surface area contributed by atoms with Gasteiger partial charge in [-0.2, -0.15) is 0 Å². The van der Waals surface area contributed by atoms with E-state index in [1.807, 2.05) is 24.3 Å². The summed E-state index contributed by atoms with van der Waals surface area (Å²) in [7, 11) is 0. The third kappa shape index (κ3) is 5.20. The highest BCUT2D eigenvalue weighted by Gasteiger charge is 2.31. The van der Waals surface area contributed by atoms with Crippen molar-refractivity contribution in [2.45, 2.75) is 44.9 Å². The van der Waals surface area contributed by atoms with Crippen LogP contribution in [0.3, 0.4) is 0 Å². The number of halogens is 1. The Balaban J connectivity index is 1.45. The molecule has 172 valence electrons. The van der Waals surface area contributed by atoms with Crippen LogP contribution in [-0.4, -0.2) is 70.9 Å². The van der Waals surface area contributed by atoms with Gasteiger partial charge in [-0.1, -0.05) is 37.6 Å². The number of nitrogens with zero attached hydrogens (tertiary/aromatic N) is 4. The molecule has 2 aliphatic heterocycles. The number of aliphatic hydroxyl groups is 1. The second-order valence-corrected chi connectivity index (χ2v) is 9.17. The first-order chi connectivity index (χ1) is 15.4. The van der Waals surface area contributed by atoms with Crippen LogP contribution in [0, 0.1) is 0 Å². The molecule has 0 aliphatic carbocycles. The number of fused-ring (bicyclic) bond motifs is 1. The van der Waals surface area contributed by atoms with E-state index in [0.717, 1.165) is 43.1 Å². The van der Waals surface area contributed by atoms with E-state index in [1.165, 1.54) is 6.33 Å². The van der Waals surface area contributed by atoms with Gasteiger partial charge in [-0.3, -0.25) is 9.69 Å². The Morgan fingerprint density at radius 2 is 1.84 bits per heavy atom. The summed E-state index contributed by atoms with van der Waals surface area (Å²) in [5.74, 6) is 1.44. The minimum absolute atomic E-state index is 0.00154. The molecule has 1 aromatic heterocycles. The first kappa shape index (κ1) is 22.9. The van der Waals surface area contributed by atoms with Crippen molar-refractivity contribution in [1.29, 1.82) is 0 Å². The van der Waals surface area contributed by atoms with Gasteiger partial charge in [-0.15, -0.1) is 0 Å². The average molecular weight is 459 g/mol. The molecule has 8 nitrogen and oxygen atoms in total. The van der Waals surface area contributed by atoms with E-state index in [2.05, 4.69) is 44.2 Å². The zero-order valence-electron chi connectivity index (χ0n) is 18.6. The van der Waals surface area contributed by atoms with Crippen LogP contribution in [0.4, 0.5) is 11.6 Å². The van der Waals surface area contributed by atoms with E-state index in [9.17, 15) is 9.90 Å². The Kier molecular flexibility index (Phi) is 7.25. The van der Waals surface area contributed by atoms with Gasteiger partial charge in [-0.25, -0.2) is 9.97 Å². The van der Waals surface area contributed by atoms with E-state index < -0.39 is 6.23 Å². The molecule has 1 unspecified atom stereocenters. The van der Waals surface area contributed by atoms with Crippen molar-refractivity contribution in [3.63, 3.8) is 0 Å². The van der Waals surface area contributed by atoms with Crippen LogP contribution in [0.25, 0.3) is 0 Å². The maximum atomic E-state index is 11.7. The largest absolute Gasteiger partial charge is 0.378 e. The number of hydrogen-bond donors (Lipinski definition) is 3. The van der Waals surface area contributed by atoms with Gasteiger partial charge in [0.25, 0.3) is 0 Å². The number of rotatable bonds is 7. The monoisotopic (exact) mass is 458 g/mol. The van der Waals surface area contributed by atoms with E-state index in [-0.39, 0.29) is 11.8 Å². The molecule has 1 aromatic carbocycles. The van der Waals surface area contributed by atoms with Crippen LogP contribution in [0.2, 0.25) is 5.02 Å². The zero-order chi connectivity index (χ0) is 22.7. The number of nitrogens with one attached hydrogen (secondary N) is 2. The summed E-state index contributed by atoms with van der Waals surface area (Å²) in [4.78, 5) is 24.8. The number of amides is 1. The van der Waals surface area contributed by atoms with Gasteiger partial charge in [0.15, 0.2) is 0 Å². The summed E-state index contributed by atoms with van der Waals surface area (Å²) in [6, 6.07) is 8.08. The normalized spacial score (nSPS) is 18.9. The van der Waals surface area contributed by atoms with Gasteiger partial charge in [0.2, 0.25) is 5.91 Å². The second-order valence-electron chi connectivity index (χ2n) is 8.73. The van der Waals surface area contributed by atoms with Gasteiger partial charge in [0.1, 0.15) is 24.2 Å². The number of carbonyl (C=O) groups excluding carboxylic acids is 1. The Labute approximate surface area is 194 Å². The van der Waals surface area contributed by atoms with Crippen molar-refractivity contribution in [3.8, 4) is 0 Å². The summed E-state index contributed by atoms with van der Waals surface area (Å²) in [5, 5.41) is 18.3. The zero-order valence-corrected chi connectivity index (χ0v) is 19.3. The second kappa shape index (κ2) is 10.1. The van der Waals surface area contributed by atoms with Gasteiger partial charge in [0, 0.05) is 61.7 Å². The molecule has 32 heavy (non-hydrogen) atoms. The minimum atomic E-state index is -0.608. The standard InChI is InChI=1S/C23H31ClN6O2/c1-15(2)25-13-19(16-3-5-17(24)6-4-16)23(32)30-11-9-29(10-12-30)22-18-7-8-20(31)28-21(18)26-14-27-22/h3-6,14-15,19,23,25,32H,7-13H2,1-2H3,(H,26,27,28,31)/t19-,23?/m1/s1. The van der Waals surface area contributed by atoms with Crippen molar-refractivity contribution in [2.75, 3.05) is 42.9 Å². The molecule has 1 saturated heterocycles. The molecule has 4 rings (SSSR count). The molecule has 9 heteroatoms. The molecule has 2 aliphatic rings. The lowest BCUT2D eigenvalue weighted by Gasteiger charge is -2.41. The molecule has 0 bridgehead atoms. The van der Waals surface area contributed by atoms with Crippen molar-refractivity contribution in [1.82, 2.24) is 20.2 Å². The lowest BCUT2D eigenvalue weighted by atomic mass is 9.95. The quantitative estimate of drug-likeness (QED) is 0.585. The van der Waals surface area contributed by atoms with E-state index in [4.69, 9.17) is 11.6 Å². The third-order valence-electron chi connectivity index (χ3n) is 6.17. The SMILES string of the molecule is CC(C)NC[C@H](c1ccc(Cl)cc1)C(O)N1CCN(c2ncnc3c2CCC(=O)N3)CC1. The molecule has 0 saturated carbocycles. The predicted molar refractivity (Wildman–Crippen MR) is 126 cm³/mol. The number of piperazine rings is 1. The summed E-state index contributed by atoms with van der Waals surface area (Å²) in [6.07, 6.45) is 2.01. The molecule has 3 N–H and O–H groups in total. The maximum Gasteiger partial charge on any atom is 0.225 e. The van der Waals surface area contributed by atoms with Crippen LogP contribution in [0.5, 0.6) is 0 Å². The fourth-order valence-electron chi connectivity index (χ4n) is 4.37. The van der Waals surface area contributed by atoms with E-state index >= 15 is 0 Å². The Hall–Kier alpha value is -2.26. The highest BCUT2D eigenvalue weighted by molar-refractivity contribution is 6.30. The van der Waals surface area contributed by atoms with Crippen LogP contribution in [0.15, 0.2) is 30.6 Å². The summed E-state index contributed by atoms with van der Waals surface area (Å²) in [6.45, 7) is 7.83. The molecule has 2 atom stereocenters. The first-order valence-corrected chi connectivity index (χ1v) is 11.6. The van der Waals surface area contributed by atoms with Crippen LogP contribution < -0.4 is 15.5 Å². The summed E-state index contributed by atoms with van der Waals surface area (Å²) < 4.78 is 0. The van der Waals surface area contributed by atoms with E-state index in [1.54, 1.807) is 0 Å². The molecular weight excluding hydrogens is 428 g/mol. The van der Waals surface area contributed by atoms with E-state index in [0.29, 0.717) is 36.3 Å². The fraction of sp³-hybridized carbons (Fsp3) is 0.522. The van der Waals surface area contributed by atoms with Crippen molar-refractivity contribution < 1.29 is 9.90 Å². The topological polar surface area (TPSA) is 93.6 Å². The fourth-order valence-corrected chi connectivity index (χ4v) is 4.49. The third-order valence-corrected chi connectivity index (χ3v) is 6.43. The molecule has 2 aromatic rings. The lowest BCUT2D eigenvalue weighted by Crippen LogP contribution is -2.53. The van der Waals surface area contributed by atoms with Crippen LogP contribution >= 0.6 is 11.6 Å². The van der Waals surface area contributed by atoms with Crippen molar-refractivity contribution in [2.24, 2.45) is 0 Å². The molecule has 1 amide bonds. The Morgan fingerprint density at radius 3 is 2.53 bits per heavy atom. The van der Waals surface area contributed by atoms with Crippen molar-refractivity contribution >= 4 is 29.1 Å².